The van der Waals surface area contributed by atoms with Crippen molar-refractivity contribution >= 4 is 33.9 Å². The molecule has 106 valence electrons. The summed E-state index contributed by atoms with van der Waals surface area (Å²) in [6, 6.07) is 6.44. The third-order valence-electron chi connectivity index (χ3n) is 3.68. The van der Waals surface area contributed by atoms with Crippen molar-refractivity contribution in [3.63, 3.8) is 0 Å². The summed E-state index contributed by atoms with van der Waals surface area (Å²) in [6.07, 6.45) is 4.44. The molecule has 20 heavy (non-hydrogen) atoms. The highest BCUT2D eigenvalue weighted by Crippen LogP contribution is 2.33. The predicted molar refractivity (Wildman–Crippen MR) is 87.0 cm³/mol. The number of aromatic nitrogens is 1. The zero-order chi connectivity index (χ0) is 14.1. The zero-order valence-electron chi connectivity index (χ0n) is 12.0. The first-order valence-electron chi connectivity index (χ1n) is 7.25. The van der Waals surface area contributed by atoms with Gasteiger partial charge in [0, 0.05) is 34.9 Å². The zero-order valence-corrected chi connectivity index (χ0v) is 12.7. The highest BCUT2D eigenvalue weighted by Gasteiger charge is 2.17. The molecule has 3 nitrogen and oxygen atoms in total. The van der Waals surface area contributed by atoms with Crippen LogP contribution in [0.15, 0.2) is 24.4 Å². The van der Waals surface area contributed by atoms with Crippen LogP contribution in [0.2, 0.25) is 5.02 Å². The molecule has 4 heteroatoms. The second-order valence-corrected chi connectivity index (χ2v) is 6.12. The Kier molecular flexibility index (Phi) is 3.70. The van der Waals surface area contributed by atoms with Gasteiger partial charge in [-0.05, 0) is 44.9 Å². The fourth-order valence-electron chi connectivity index (χ4n) is 2.81. The number of hydrogen-bond acceptors (Lipinski definition) is 3. The Labute approximate surface area is 124 Å². The minimum absolute atomic E-state index is 0.372. The van der Waals surface area contributed by atoms with Crippen LogP contribution in [0.25, 0.3) is 10.8 Å². The van der Waals surface area contributed by atoms with Gasteiger partial charge in [-0.2, -0.15) is 0 Å². The predicted octanol–water partition coefficient (Wildman–Crippen LogP) is 4.31. The fourth-order valence-corrected chi connectivity index (χ4v) is 2.98. The quantitative estimate of drug-likeness (QED) is 0.913. The third-order valence-corrected chi connectivity index (χ3v) is 3.91. The molecular formula is C16H20ClN3. The van der Waals surface area contributed by atoms with Gasteiger partial charge in [-0.3, -0.25) is 0 Å². The number of hydrogen-bond donors (Lipinski definition) is 1. The van der Waals surface area contributed by atoms with E-state index < -0.39 is 0 Å². The number of nitrogens with one attached hydrogen (secondary N) is 1. The average Bonchev–Trinajstić information content (AvgIpc) is 2.92. The van der Waals surface area contributed by atoms with Gasteiger partial charge in [-0.1, -0.05) is 11.6 Å². The van der Waals surface area contributed by atoms with Crippen molar-refractivity contribution in [1.29, 1.82) is 0 Å². The Morgan fingerprint density at radius 2 is 1.95 bits per heavy atom. The van der Waals surface area contributed by atoms with Crippen molar-refractivity contribution in [3.05, 3.63) is 29.4 Å². The molecule has 2 heterocycles. The van der Waals surface area contributed by atoms with Gasteiger partial charge in [-0.25, -0.2) is 4.98 Å². The fraction of sp³-hybridized carbons (Fsp3) is 0.438. The Morgan fingerprint density at radius 3 is 2.65 bits per heavy atom. The van der Waals surface area contributed by atoms with Crippen LogP contribution in [-0.4, -0.2) is 24.1 Å². The number of nitrogens with zero attached hydrogens (tertiary/aromatic N) is 2. The van der Waals surface area contributed by atoms with Gasteiger partial charge in [0.05, 0.1) is 11.9 Å². The molecule has 1 fully saturated rings. The summed E-state index contributed by atoms with van der Waals surface area (Å²) >= 11 is 6.18. The van der Waals surface area contributed by atoms with Gasteiger partial charge >= 0.3 is 0 Å². The normalized spacial score (nSPS) is 15.3. The summed E-state index contributed by atoms with van der Waals surface area (Å²) < 4.78 is 0. The molecule has 1 aromatic carbocycles. The molecular weight excluding hydrogens is 270 g/mol. The number of pyridine rings is 1. The van der Waals surface area contributed by atoms with Crippen LogP contribution < -0.4 is 10.2 Å². The monoisotopic (exact) mass is 289 g/mol. The van der Waals surface area contributed by atoms with E-state index in [1.807, 2.05) is 18.3 Å². The van der Waals surface area contributed by atoms with E-state index in [2.05, 4.69) is 30.1 Å². The van der Waals surface area contributed by atoms with Crippen LogP contribution in [0, 0.1) is 0 Å². The average molecular weight is 290 g/mol. The van der Waals surface area contributed by atoms with Crippen molar-refractivity contribution < 1.29 is 0 Å². The lowest BCUT2D eigenvalue weighted by Gasteiger charge is -2.21. The lowest BCUT2D eigenvalue weighted by Crippen LogP contribution is -2.19. The Morgan fingerprint density at radius 1 is 1.20 bits per heavy atom. The lowest BCUT2D eigenvalue weighted by atomic mass is 10.1. The highest BCUT2D eigenvalue weighted by molar-refractivity contribution is 6.31. The first-order valence-corrected chi connectivity index (χ1v) is 7.62. The van der Waals surface area contributed by atoms with Crippen LogP contribution in [0.5, 0.6) is 0 Å². The molecule has 0 aliphatic carbocycles. The molecule has 1 saturated heterocycles. The van der Waals surface area contributed by atoms with E-state index in [9.17, 15) is 0 Å². The minimum Gasteiger partial charge on any atom is -0.381 e. The number of halogens is 1. The van der Waals surface area contributed by atoms with Crippen molar-refractivity contribution in [2.45, 2.75) is 32.7 Å². The highest BCUT2D eigenvalue weighted by atomic mass is 35.5. The summed E-state index contributed by atoms with van der Waals surface area (Å²) in [6.45, 7) is 6.46. The van der Waals surface area contributed by atoms with Crippen LogP contribution in [0.3, 0.4) is 0 Å². The maximum absolute atomic E-state index is 6.18. The number of fused-ring (bicyclic) bond motifs is 1. The first kappa shape index (κ1) is 13.5. The summed E-state index contributed by atoms with van der Waals surface area (Å²) in [4.78, 5) is 7.06. The smallest absolute Gasteiger partial charge is 0.136 e. The molecule has 0 saturated carbocycles. The number of rotatable bonds is 3. The summed E-state index contributed by atoms with van der Waals surface area (Å²) in [5, 5.41) is 6.56. The van der Waals surface area contributed by atoms with Crippen molar-refractivity contribution in [1.82, 2.24) is 4.98 Å². The second kappa shape index (κ2) is 5.49. The molecule has 1 aliphatic rings. The Hall–Kier alpha value is -1.48. The molecule has 3 rings (SSSR count). The molecule has 0 amide bonds. The number of anilines is 2. The summed E-state index contributed by atoms with van der Waals surface area (Å²) in [7, 11) is 0. The van der Waals surface area contributed by atoms with E-state index in [0.717, 1.165) is 35.0 Å². The SMILES string of the molecule is CC(C)Nc1cnc(N2CCCC2)c2ccc(Cl)cc12. The van der Waals surface area contributed by atoms with E-state index in [1.54, 1.807) is 0 Å². The van der Waals surface area contributed by atoms with Gasteiger partial charge in [0.1, 0.15) is 5.82 Å². The van der Waals surface area contributed by atoms with Gasteiger partial charge in [0.15, 0.2) is 0 Å². The molecule has 1 aliphatic heterocycles. The molecule has 0 unspecified atom stereocenters. The third kappa shape index (κ3) is 2.55. The van der Waals surface area contributed by atoms with Gasteiger partial charge < -0.3 is 10.2 Å². The van der Waals surface area contributed by atoms with Gasteiger partial charge in [-0.15, -0.1) is 0 Å². The van der Waals surface area contributed by atoms with Crippen LogP contribution in [0.4, 0.5) is 11.5 Å². The molecule has 0 atom stereocenters. The Bertz CT molecular complexity index is 618. The van der Waals surface area contributed by atoms with Gasteiger partial charge in [0.25, 0.3) is 0 Å². The molecule has 0 radical (unpaired) electrons. The van der Waals surface area contributed by atoms with E-state index >= 15 is 0 Å². The largest absolute Gasteiger partial charge is 0.381 e. The van der Waals surface area contributed by atoms with Crippen molar-refractivity contribution in [2.24, 2.45) is 0 Å². The maximum Gasteiger partial charge on any atom is 0.136 e. The van der Waals surface area contributed by atoms with E-state index in [1.165, 1.54) is 18.2 Å². The van der Waals surface area contributed by atoms with Crippen molar-refractivity contribution in [2.75, 3.05) is 23.3 Å². The van der Waals surface area contributed by atoms with E-state index in [4.69, 9.17) is 16.6 Å². The van der Waals surface area contributed by atoms with Crippen LogP contribution >= 0.6 is 11.6 Å². The van der Waals surface area contributed by atoms with Crippen LogP contribution in [0.1, 0.15) is 26.7 Å². The van der Waals surface area contributed by atoms with Gasteiger partial charge in [0.2, 0.25) is 0 Å². The minimum atomic E-state index is 0.372. The standard InChI is InChI=1S/C16H20ClN3/c1-11(2)19-15-10-18-16(20-7-3-4-8-20)13-6-5-12(17)9-14(13)15/h5-6,9-11,19H,3-4,7-8H2,1-2H3. The lowest BCUT2D eigenvalue weighted by molar-refractivity contribution is 0.898. The Balaban J connectivity index is 2.14. The van der Waals surface area contributed by atoms with E-state index in [-0.39, 0.29) is 0 Å². The summed E-state index contributed by atoms with van der Waals surface area (Å²) in [5.74, 6) is 1.09. The molecule has 2 aromatic rings. The topological polar surface area (TPSA) is 28.2 Å². The molecule has 1 aromatic heterocycles. The van der Waals surface area contributed by atoms with Crippen molar-refractivity contribution in [3.8, 4) is 0 Å². The molecule has 0 bridgehead atoms. The van der Waals surface area contributed by atoms with Crippen LogP contribution in [-0.2, 0) is 0 Å². The molecule has 0 spiro atoms. The molecule has 1 N–H and O–H groups in total. The number of benzene rings is 1. The maximum atomic E-state index is 6.18. The first-order chi connectivity index (χ1) is 9.65. The van der Waals surface area contributed by atoms with E-state index in [0.29, 0.717) is 6.04 Å². The second-order valence-electron chi connectivity index (χ2n) is 5.68. The summed E-state index contributed by atoms with van der Waals surface area (Å²) in [5.41, 5.74) is 1.06.